The maximum Gasteiger partial charge on any atom is 0.248 e. The molecule has 0 saturated carbocycles. The van der Waals surface area contributed by atoms with Crippen molar-refractivity contribution in [1.29, 1.82) is 0 Å². The van der Waals surface area contributed by atoms with Gasteiger partial charge in [-0.3, -0.25) is 9.10 Å². The fourth-order valence-electron chi connectivity index (χ4n) is 2.20. The van der Waals surface area contributed by atoms with E-state index < -0.39 is 33.6 Å². The number of carbonyl (C=O) groups excluding carboxylic acids is 1. The summed E-state index contributed by atoms with van der Waals surface area (Å²) < 4.78 is 51.6. The average molecular weight is 354 g/mol. The Labute approximate surface area is 139 Å². The van der Waals surface area contributed by atoms with Crippen molar-refractivity contribution in [2.45, 2.75) is 13.0 Å². The highest BCUT2D eigenvalue weighted by molar-refractivity contribution is 7.92. The third kappa shape index (κ3) is 4.08. The van der Waals surface area contributed by atoms with Crippen molar-refractivity contribution in [2.24, 2.45) is 0 Å². The van der Waals surface area contributed by atoms with Gasteiger partial charge in [0, 0.05) is 0 Å². The van der Waals surface area contributed by atoms with E-state index in [1.54, 1.807) is 0 Å². The van der Waals surface area contributed by atoms with Gasteiger partial charge >= 0.3 is 0 Å². The summed E-state index contributed by atoms with van der Waals surface area (Å²) in [5, 5.41) is 2.35. The van der Waals surface area contributed by atoms with E-state index >= 15 is 0 Å². The maximum atomic E-state index is 13.6. The van der Waals surface area contributed by atoms with Gasteiger partial charge in [0.05, 0.1) is 17.6 Å². The zero-order valence-corrected chi connectivity index (χ0v) is 13.8. The minimum absolute atomic E-state index is 0.0538. The van der Waals surface area contributed by atoms with Gasteiger partial charge in [-0.1, -0.05) is 12.1 Å². The Bertz CT molecular complexity index is 839. The molecule has 0 saturated heterocycles. The van der Waals surface area contributed by atoms with Crippen LogP contribution in [0.25, 0.3) is 0 Å². The van der Waals surface area contributed by atoms with Crippen LogP contribution in [0.15, 0.2) is 48.5 Å². The van der Waals surface area contributed by atoms with Gasteiger partial charge in [-0.15, -0.1) is 0 Å². The van der Waals surface area contributed by atoms with Crippen LogP contribution in [0.4, 0.5) is 20.2 Å². The van der Waals surface area contributed by atoms with E-state index in [9.17, 15) is 22.0 Å². The maximum absolute atomic E-state index is 13.6. The molecule has 128 valence electrons. The second-order valence-corrected chi connectivity index (χ2v) is 7.04. The molecule has 8 heteroatoms. The number of anilines is 2. The highest BCUT2D eigenvalue weighted by Crippen LogP contribution is 2.22. The van der Waals surface area contributed by atoms with Crippen LogP contribution in [-0.2, 0) is 14.8 Å². The Balaban J connectivity index is 2.31. The number of rotatable bonds is 5. The summed E-state index contributed by atoms with van der Waals surface area (Å²) in [4.78, 5) is 12.3. The number of hydrogen-bond donors (Lipinski definition) is 1. The lowest BCUT2D eigenvalue weighted by molar-refractivity contribution is -0.116. The quantitative estimate of drug-likeness (QED) is 0.898. The van der Waals surface area contributed by atoms with Gasteiger partial charge in [-0.05, 0) is 43.3 Å². The van der Waals surface area contributed by atoms with E-state index in [1.165, 1.54) is 43.3 Å². The molecule has 0 aliphatic heterocycles. The normalized spacial score (nSPS) is 12.5. The number of amides is 1. The first-order chi connectivity index (χ1) is 11.2. The van der Waals surface area contributed by atoms with Crippen molar-refractivity contribution in [2.75, 3.05) is 15.9 Å². The van der Waals surface area contributed by atoms with Gasteiger partial charge in [0.15, 0.2) is 0 Å². The van der Waals surface area contributed by atoms with E-state index in [-0.39, 0.29) is 11.4 Å². The molecule has 0 spiro atoms. The van der Waals surface area contributed by atoms with Crippen LogP contribution in [0.3, 0.4) is 0 Å². The summed E-state index contributed by atoms with van der Waals surface area (Å²) in [5.74, 6) is -1.88. The molecule has 0 radical (unpaired) electrons. The van der Waals surface area contributed by atoms with Crippen molar-refractivity contribution < 1.29 is 22.0 Å². The third-order valence-electron chi connectivity index (χ3n) is 3.30. The molecule has 0 aromatic heterocycles. The molecule has 1 N–H and O–H groups in total. The number of benzene rings is 2. The molecule has 0 aliphatic rings. The predicted octanol–water partition coefficient (Wildman–Crippen LogP) is 2.76. The van der Waals surface area contributed by atoms with E-state index in [0.29, 0.717) is 0 Å². The average Bonchev–Trinajstić information content (AvgIpc) is 2.50. The number of para-hydroxylation sites is 1. The van der Waals surface area contributed by atoms with Crippen molar-refractivity contribution in [1.82, 2.24) is 0 Å². The topological polar surface area (TPSA) is 66.5 Å². The van der Waals surface area contributed by atoms with Crippen molar-refractivity contribution in [3.05, 3.63) is 60.2 Å². The van der Waals surface area contributed by atoms with Crippen molar-refractivity contribution in [3.8, 4) is 0 Å². The predicted molar refractivity (Wildman–Crippen MR) is 88.2 cm³/mol. The Morgan fingerprint density at radius 2 is 1.67 bits per heavy atom. The summed E-state index contributed by atoms with van der Waals surface area (Å²) in [6.45, 7) is 1.36. The molecule has 24 heavy (non-hydrogen) atoms. The molecule has 1 unspecified atom stereocenters. The van der Waals surface area contributed by atoms with Gasteiger partial charge in [0.1, 0.15) is 17.7 Å². The Morgan fingerprint density at radius 3 is 2.21 bits per heavy atom. The standard InChI is InChI=1S/C16H16F2N2O3S/c1-11(16(21)19-15-6-4-3-5-14(15)18)20(24(2,22)23)13-9-7-12(17)8-10-13/h3-11H,1-2H3,(H,19,21). The molecule has 0 heterocycles. The van der Waals surface area contributed by atoms with Crippen LogP contribution in [0, 0.1) is 11.6 Å². The second-order valence-electron chi connectivity index (χ2n) is 5.18. The molecule has 2 aromatic rings. The first-order valence-corrected chi connectivity index (χ1v) is 8.85. The van der Waals surface area contributed by atoms with E-state index in [1.807, 2.05) is 0 Å². The van der Waals surface area contributed by atoms with Crippen LogP contribution >= 0.6 is 0 Å². The number of nitrogens with one attached hydrogen (secondary N) is 1. The minimum atomic E-state index is -3.82. The van der Waals surface area contributed by atoms with Crippen molar-refractivity contribution >= 4 is 27.3 Å². The van der Waals surface area contributed by atoms with Crippen LogP contribution in [0.1, 0.15) is 6.92 Å². The number of sulfonamides is 1. The fourth-order valence-corrected chi connectivity index (χ4v) is 3.37. The second kappa shape index (κ2) is 6.96. The van der Waals surface area contributed by atoms with Gasteiger partial charge < -0.3 is 5.32 Å². The zero-order valence-electron chi connectivity index (χ0n) is 13.0. The minimum Gasteiger partial charge on any atom is -0.322 e. The van der Waals surface area contributed by atoms with Gasteiger partial charge in [0.25, 0.3) is 0 Å². The molecule has 5 nitrogen and oxygen atoms in total. The lowest BCUT2D eigenvalue weighted by atomic mass is 10.2. The Morgan fingerprint density at radius 1 is 1.08 bits per heavy atom. The van der Waals surface area contributed by atoms with Crippen molar-refractivity contribution in [3.63, 3.8) is 0 Å². The summed E-state index contributed by atoms with van der Waals surface area (Å²) >= 11 is 0. The molecule has 0 aliphatic carbocycles. The third-order valence-corrected chi connectivity index (χ3v) is 4.54. The number of halogens is 2. The Kier molecular flexibility index (Phi) is 5.18. The van der Waals surface area contributed by atoms with E-state index in [2.05, 4.69) is 5.32 Å². The highest BCUT2D eigenvalue weighted by atomic mass is 32.2. The molecular weight excluding hydrogens is 338 g/mol. The van der Waals surface area contributed by atoms with Crippen LogP contribution in [-0.4, -0.2) is 26.6 Å². The van der Waals surface area contributed by atoms with Gasteiger partial charge in [-0.2, -0.15) is 0 Å². The zero-order chi connectivity index (χ0) is 17.9. The summed E-state index contributed by atoms with van der Waals surface area (Å²) in [6, 6.07) is 9.08. The lowest BCUT2D eigenvalue weighted by Crippen LogP contribution is -2.45. The van der Waals surface area contributed by atoms with E-state index in [0.717, 1.165) is 22.7 Å². The highest BCUT2D eigenvalue weighted by Gasteiger charge is 2.29. The number of hydrogen-bond acceptors (Lipinski definition) is 3. The number of carbonyl (C=O) groups is 1. The smallest absolute Gasteiger partial charge is 0.248 e. The van der Waals surface area contributed by atoms with Crippen LogP contribution in [0.5, 0.6) is 0 Å². The summed E-state index contributed by atoms with van der Waals surface area (Å²) in [7, 11) is -3.82. The lowest BCUT2D eigenvalue weighted by Gasteiger charge is -2.28. The SMILES string of the molecule is CC(C(=O)Nc1ccccc1F)N(c1ccc(F)cc1)S(C)(=O)=O. The van der Waals surface area contributed by atoms with Gasteiger partial charge in [0.2, 0.25) is 15.9 Å². The summed E-state index contributed by atoms with van der Waals surface area (Å²) in [5.41, 5.74) is 0.0805. The molecule has 2 rings (SSSR count). The van der Waals surface area contributed by atoms with E-state index in [4.69, 9.17) is 0 Å². The molecule has 1 atom stereocenters. The van der Waals surface area contributed by atoms with Gasteiger partial charge in [-0.25, -0.2) is 17.2 Å². The molecule has 0 fully saturated rings. The Hall–Kier alpha value is -2.48. The molecule has 0 bridgehead atoms. The first kappa shape index (κ1) is 17.9. The molecular formula is C16H16F2N2O3S. The van der Waals surface area contributed by atoms with Crippen LogP contribution < -0.4 is 9.62 Å². The molecule has 1 amide bonds. The van der Waals surface area contributed by atoms with Crippen LogP contribution in [0.2, 0.25) is 0 Å². The molecule has 2 aromatic carbocycles. The largest absolute Gasteiger partial charge is 0.322 e. The monoisotopic (exact) mass is 354 g/mol. The summed E-state index contributed by atoms with van der Waals surface area (Å²) in [6.07, 6.45) is 0.934. The first-order valence-electron chi connectivity index (χ1n) is 7.00. The number of nitrogens with zero attached hydrogens (tertiary/aromatic N) is 1. The fraction of sp³-hybridized carbons (Fsp3) is 0.188.